The Labute approximate surface area is 101 Å². The normalized spacial score (nSPS) is 12.2. The molecule has 1 heterocycles. The largest absolute Gasteiger partial charge is 0.331 e. The van der Waals surface area contributed by atoms with Crippen molar-refractivity contribution in [2.45, 2.75) is 26.1 Å². The molecule has 0 radical (unpaired) electrons. The fourth-order valence-corrected chi connectivity index (χ4v) is 2.67. The van der Waals surface area contributed by atoms with Crippen LogP contribution in [-0.4, -0.2) is 13.0 Å². The van der Waals surface area contributed by atoms with Crippen molar-refractivity contribution in [3.63, 3.8) is 0 Å². The monoisotopic (exact) mass is 252 g/mol. The summed E-state index contributed by atoms with van der Waals surface area (Å²) in [6.07, 6.45) is 2.74. The quantitative estimate of drug-likeness (QED) is 0.904. The summed E-state index contributed by atoms with van der Waals surface area (Å²) in [6, 6.07) is 5.99. The van der Waals surface area contributed by atoms with Crippen LogP contribution >= 0.6 is 0 Å². The lowest BCUT2D eigenvalue weighted by molar-refractivity contribution is 0.587. The maximum atomic E-state index is 11.2. The second-order valence-corrected chi connectivity index (χ2v) is 5.87. The van der Waals surface area contributed by atoms with Crippen LogP contribution < -0.4 is 5.14 Å². The Balaban J connectivity index is 2.65. The third kappa shape index (κ3) is 2.50. The molecule has 0 unspecified atom stereocenters. The van der Waals surface area contributed by atoms with Crippen molar-refractivity contribution in [3.05, 3.63) is 35.5 Å². The Kier molecular flexibility index (Phi) is 2.97. The second kappa shape index (κ2) is 4.16. The molecule has 2 aromatic rings. The minimum Gasteiger partial charge on any atom is -0.331 e. The molecular formula is C12H16N2O2S. The Hall–Kier alpha value is -1.33. The Bertz CT molecular complexity index is 656. The summed E-state index contributed by atoms with van der Waals surface area (Å²) in [5, 5.41) is 6.20. The van der Waals surface area contributed by atoms with Gasteiger partial charge in [0.15, 0.2) is 0 Å². The first-order valence-electron chi connectivity index (χ1n) is 5.49. The predicted molar refractivity (Wildman–Crippen MR) is 69.2 cm³/mol. The van der Waals surface area contributed by atoms with E-state index in [2.05, 4.69) is 13.0 Å². The smallest absolute Gasteiger partial charge is 0.227 e. The zero-order valence-corrected chi connectivity index (χ0v) is 10.8. The van der Waals surface area contributed by atoms with E-state index in [9.17, 15) is 8.42 Å². The molecule has 0 aliphatic carbocycles. The first-order chi connectivity index (χ1) is 7.90. The SMILES string of the molecule is CCc1cn(CS(N)(=O)=O)c2ccc(C)cc12. The number of benzene rings is 1. The molecule has 17 heavy (non-hydrogen) atoms. The topological polar surface area (TPSA) is 65.1 Å². The van der Waals surface area contributed by atoms with Gasteiger partial charge in [0.05, 0.1) is 0 Å². The van der Waals surface area contributed by atoms with Crippen molar-refractivity contribution in [1.82, 2.24) is 4.57 Å². The molecule has 0 aliphatic heterocycles. The number of rotatable bonds is 3. The van der Waals surface area contributed by atoms with E-state index in [0.717, 1.165) is 22.9 Å². The van der Waals surface area contributed by atoms with E-state index in [-0.39, 0.29) is 5.88 Å². The third-order valence-electron chi connectivity index (χ3n) is 2.82. The fourth-order valence-electron chi connectivity index (χ4n) is 2.07. The van der Waals surface area contributed by atoms with Crippen molar-refractivity contribution < 1.29 is 8.42 Å². The summed E-state index contributed by atoms with van der Waals surface area (Å²) >= 11 is 0. The summed E-state index contributed by atoms with van der Waals surface area (Å²) in [7, 11) is -3.51. The molecule has 0 bridgehead atoms. The van der Waals surface area contributed by atoms with Gasteiger partial charge >= 0.3 is 0 Å². The molecule has 1 aromatic carbocycles. The number of sulfonamides is 1. The van der Waals surface area contributed by atoms with Crippen molar-refractivity contribution >= 4 is 20.9 Å². The molecule has 0 amide bonds. The van der Waals surface area contributed by atoms with Crippen LogP contribution in [0.3, 0.4) is 0 Å². The molecular weight excluding hydrogens is 236 g/mol. The van der Waals surface area contributed by atoms with Gasteiger partial charge in [0, 0.05) is 17.1 Å². The number of nitrogens with zero attached hydrogens (tertiary/aromatic N) is 1. The second-order valence-electron chi connectivity index (χ2n) is 4.29. The molecule has 0 saturated heterocycles. The van der Waals surface area contributed by atoms with Crippen molar-refractivity contribution in [1.29, 1.82) is 0 Å². The average Bonchev–Trinajstić information content (AvgIpc) is 2.53. The number of primary sulfonamides is 1. The fraction of sp³-hybridized carbons (Fsp3) is 0.333. The van der Waals surface area contributed by atoms with Crippen LogP contribution in [0.5, 0.6) is 0 Å². The summed E-state index contributed by atoms with van der Waals surface area (Å²) in [5.41, 5.74) is 3.23. The minimum atomic E-state index is -3.51. The highest BCUT2D eigenvalue weighted by Gasteiger charge is 2.11. The average molecular weight is 252 g/mol. The summed E-state index contributed by atoms with van der Waals surface area (Å²) in [5.74, 6) is -0.174. The molecule has 0 spiro atoms. The van der Waals surface area contributed by atoms with Gasteiger partial charge in [0.2, 0.25) is 10.0 Å². The number of aryl methyl sites for hydroxylation is 2. The zero-order valence-electron chi connectivity index (χ0n) is 9.97. The minimum absolute atomic E-state index is 0.174. The first kappa shape index (κ1) is 12.1. The van der Waals surface area contributed by atoms with E-state index in [1.807, 2.05) is 25.3 Å². The standard InChI is InChI=1S/C12H16N2O2S/c1-3-10-7-14(8-17(13,15)16)12-5-4-9(2)6-11(10)12/h4-7H,3,8H2,1-2H3,(H2,13,15,16). The Morgan fingerprint density at radius 3 is 2.65 bits per heavy atom. The molecule has 2 rings (SSSR count). The number of nitrogens with two attached hydrogens (primary N) is 1. The molecule has 1 aromatic heterocycles. The number of aromatic nitrogens is 1. The first-order valence-corrected chi connectivity index (χ1v) is 7.21. The summed E-state index contributed by atoms with van der Waals surface area (Å²) in [4.78, 5) is 0. The molecule has 5 heteroatoms. The maximum absolute atomic E-state index is 11.2. The number of fused-ring (bicyclic) bond motifs is 1. The van der Waals surface area contributed by atoms with Gasteiger partial charge in [-0.05, 0) is 31.0 Å². The lowest BCUT2D eigenvalue weighted by atomic mass is 10.1. The van der Waals surface area contributed by atoms with Crippen molar-refractivity contribution in [3.8, 4) is 0 Å². The van der Waals surface area contributed by atoms with Crippen LogP contribution in [0.4, 0.5) is 0 Å². The highest BCUT2D eigenvalue weighted by molar-refractivity contribution is 7.88. The van der Waals surface area contributed by atoms with E-state index in [4.69, 9.17) is 5.14 Å². The summed E-state index contributed by atoms with van der Waals surface area (Å²) < 4.78 is 24.0. The van der Waals surface area contributed by atoms with Gasteiger partial charge in [-0.2, -0.15) is 0 Å². The van der Waals surface area contributed by atoms with Crippen LogP contribution in [0.1, 0.15) is 18.1 Å². The van der Waals surface area contributed by atoms with Crippen LogP contribution in [0.25, 0.3) is 10.9 Å². The van der Waals surface area contributed by atoms with E-state index >= 15 is 0 Å². The maximum Gasteiger partial charge on any atom is 0.227 e. The van der Waals surface area contributed by atoms with Gasteiger partial charge in [-0.15, -0.1) is 0 Å². The number of hydrogen-bond donors (Lipinski definition) is 1. The molecule has 0 atom stereocenters. The lowest BCUT2D eigenvalue weighted by Crippen LogP contribution is -2.18. The number of hydrogen-bond acceptors (Lipinski definition) is 2. The summed E-state index contributed by atoms with van der Waals surface area (Å²) in [6.45, 7) is 4.08. The van der Waals surface area contributed by atoms with Gasteiger partial charge in [-0.1, -0.05) is 18.6 Å². The van der Waals surface area contributed by atoms with E-state index in [0.29, 0.717) is 0 Å². The van der Waals surface area contributed by atoms with Crippen LogP contribution in [0.2, 0.25) is 0 Å². The Morgan fingerprint density at radius 1 is 1.35 bits per heavy atom. The van der Waals surface area contributed by atoms with Gasteiger partial charge < -0.3 is 4.57 Å². The lowest BCUT2D eigenvalue weighted by Gasteiger charge is -2.03. The van der Waals surface area contributed by atoms with Crippen LogP contribution in [-0.2, 0) is 22.3 Å². The van der Waals surface area contributed by atoms with E-state index in [1.54, 1.807) is 4.57 Å². The highest BCUT2D eigenvalue weighted by Crippen LogP contribution is 2.23. The molecule has 4 nitrogen and oxygen atoms in total. The third-order valence-corrected chi connectivity index (χ3v) is 3.46. The van der Waals surface area contributed by atoms with Gasteiger partial charge in [0.1, 0.15) is 5.88 Å². The molecule has 0 fully saturated rings. The molecule has 92 valence electrons. The van der Waals surface area contributed by atoms with Crippen LogP contribution in [0.15, 0.2) is 24.4 Å². The molecule has 0 aliphatic rings. The highest BCUT2D eigenvalue weighted by atomic mass is 32.2. The van der Waals surface area contributed by atoms with E-state index < -0.39 is 10.0 Å². The molecule has 0 saturated carbocycles. The Morgan fingerprint density at radius 2 is 2.06 bits per heavy atom. The van der Waals surface area contributed by atoms with Gasteiger partial charge in [0.25, 0.3) is 0 Å². The van der Waals surface area contributed by atoms with Crippen molar-refractivity contribution in [2.24, 2.45) is 5.14 Å². The van der Waals surface area contributed by atoms with E-state index in [1.165, 1.54) is 5.56 Å². The van der Waals surface area contributed by atoms with Crippen molar-refractivity contribution in [2.75, 3.05) is 0 Å². The predicted octanol–water partition coefficient (Wildman–Crippen LogP) is 1.76. The van der Waals surface area contributed by atoms with Crippen LogP contribution in [0, 0.1) is 6.92 Å². The van der Waals surface area contributed by atoms with Gasteiger partial charge in [-0.3, -0.25) is 0 Å². The molecule has 2 N–H and O–H groups in total. The van der Waals surface area contributed by atoms with Gasteiger partial charge in [-0.25, -0.2) is 13.6 Å². The zero-order chi connectivity index (χ0) is 12.6.